The lowest BCUT2D eigenvalue weighted by Crippen LogP contribution is -2.58. The predicted octanol–water partition coefficient (Wildman–Crippen LogP) is 8.52. The minimum absolute atomic E-state index is 0.000974. The summed E-state index contributed by atoms with van der Waals surface area (Å²) in [5.74, 6) is -1.94. The molecule has 1 aliphatic heterocycles. The fourth-order valence-corrected chi connectivity index (χ4v) is 6.53. The number of hydrogen-bond acceptors (Lipinski definition) is 11. The summed E-state index contributed by atoms with van der Waals surface area (Å²) in [7, 11) is 0. The molecule has 61 heavy (non-hydrogen) atoms. The van der Waals surface area contributed by atoms with Gasteiger partial charge in [0.25, 0.3) is 17.8 Å². The van der Waals surface area contributed by atoms with Crippen LogP contribution < -0.4 is 27.5 Å². The first-order valence-corrected chi connectivity index (χ1v) is 19.2. The first-order valence-electron chi connectivity index (χ1n) is 18.8. The van der Waals surface area contributed by atoms with E-state index in [0.29, 0.717) is 22.0 Å². The van der Waals surface area contributed by atoms with Crippen molar-refractivity contribution < 1.29 is 24.2 Å². The highest BCUT2D eigenvalue weighted by molar-refractivity contribution is 6.30. The van der Waals surface area contributed by atoms with E-state index in [1.54, 1.807) is 60.7 Å². The van der Waals surface area contributed by atoms with E-state index in [1.807, 2.05) is 109 Å². The largest absolute Gasteiger partial charge is 0.575 e. The van der Waals surface area contributed by atoms with Crippen LogP contribution >= 0.6 is 11.6 Å². The molecule has 0 spiro atoms. The number of nitrogens with two attached hydrogens (primary N) is 2. The van der Waals surface area contributed by atoms with Crippen LogP contribution in [0.1, 0.15) is 38.6 Å². The van der Waals surface area contributed by atoms with Crippen molar-refractivity contribution in [3.63, 3.8) is 0 Å². The Labute approximate surface area is 355 Å². The Kier molecular flexibility index (Phi) is 12.5. The minimum Gasteiger partial charge on any atom is -0.431 e. The molecule has 8 rings (SSSR count). The Balaban J connectivity index is 0.000000314. The number of carbonyl (C=O) groups excluding carboxylic acids is 2. The predicted molar refractivity (Wildman–Crippen MR) is 236 cm³/mol. The van der Waals surface area contributed by atoms with Crippen molar-refractivity contribution in [2.24, 2.45) is 21.6 Å². The molecule has 2 heterocycles. The van der Waals surface area contributed by atoms with Crippen molar-refractivity contribution in [1.82, 2.24) is 14.8 Å². The van der Waals surface area contributed by atoms with E-state index in [4.69, 9.17) is 23.1 Å². The van der Waals surface area contributed by atoms with Gasteiger partial charge in [-0.2, -0.15) is 19.9 Å². The monoisotopic (exact) mass is 832 g/mol. The van der Waals surface area contributed by atoms with E-state index in [-0.39, 0.29) is 30.2 Å². The van der Waals surface area contributed by atoms with Crippen molar-refractivity contribution in [1.29, 1.82) is 0 Å². The number of nitrogens with one attached hydrogen (secondary N) is 3. The van der Waals surface area contributed by atoms with Gasteiger partial charge in [-0.25, -0.2) is 0 Å². The van der Waals surface area contributed by atoms with Crippen LogP contribution in [0.4, 0.5) is 28.1 Å². The Morgan fingerprint density at radius 1 is 0.705 bits per heavy atom. The number of amides is 2. The summed E-state index contributed by atoms with van der Waals surface area (Å²) in [6.45, 7) is 0. The van der Waals surface area contributed by atoms with Gasteiger partial charge in [-0.1, -0.05) is 139 Å². The van der Waals surface area contributed by atoms with E-state index in [1.165, 1.54) is 0 Å². The van der Waals surface area contributed by atoms with E-state index < -0.39 is 28.6 Å². The molecule has 1 unspecified atom stereocenters. The summed E-state index contributed by atoms with van der Waals surface area (Å²) in [5, 5.41) is 25.4. The Hall–Kier alpha value is -8.14. The van der Waals surface area contributed by atoms with Gasteiger partial charge in [0.05, 0.1) is 4.70 Å². The maximum Gasteiger partial charge on any atom is 0.575 e. The van der Waals surface area contributed by atoms with E-state index in [0.717, 1.165) is 26.9 Å². The van der Waals surface area contributed by atoms with Crippen LogP contribution in [0.2, 0.25) is 5.02 Å². The number of aromatic nitrogens is 3. The zero-order chi connectivity index (χ0) is 42.8. The highest BCUT2D eigenvalue weighted by Gasteiger charge is 2.51. The smallest absolute Gasteiger partial charge is 0.431 e. The molecule has 1 atom stereocenters. The SMILES string of the molecule is NC(=O)c1ccc(-c2ccccc2)cc1.NC1=NC(Nc2ccccc2)=N[N+]1(Nc1nc(Nc2cccc(Cl)c2)nn1C(=O)CC(c1ccccc1)c1ccccc1)C(=O)O. The van der Waals surface area contributed by atoms with Crippen LogP contribution in [0.5, 0.6) is 0 Å². The number of aliphatic imine (C=N–C) groups is 1. The molecule has 0 bridgehead atoms. The third-order valence-corrected chi connectivity index (χ3v) is 9.58. The van der Waals surface area contributed by atoms with Gasteiger partial charge in [0.2, 0.25) is 11.9 Å². The molecule has 6 aromatic carbocycles. The van der Waals surface area contributed by atoms with Crippen LogP contribution in [0, 0.1) is 0 Å². The van der Waals surface area contributed by atoms with E-state index in [2.05, 4.69) is 36.2 Å². The molecule has 7 aromatic rings. The molecular weight excluding hydrogens is 794 g/mol. The maximum atomic E-state index is 14.1. The Bertz CT molecular complexity index is 2660. The number of guanidine groups is 2. The Morgan fingerprint density at radius 3 is 1.84 bits per heavy atom. The van der Waals surface area contributed by atoms with Crippen molar-refractivity contribution >= 4 is 64.7 Å². The van der Waals surface area contributed by atoms with Gasteiger partial charge in [-0.05, 0) is 64.7 Å². The summed E-state index contributed by atoms with van der Waals surface area (Å²) in [4.78, 5) is 46.3. The van der Waals surface area contributed by atoms with Crippen LogP contribution in [-0.2, 0) is 0 Å². The Morgan fingerprint density at radius 2 is 1.26 bits per heavy atom. The summed E-state index contributed by atoms with van der Waals surface area (Å²) in [6, 6.07) is 52.2. The second-order valence-electron chi connectivity index (χ2n) is 13.5. The zero-order valence-corrected chi connectivity index (χ0v) is 33.1. The molecule has 1 aromatic heterocycles. The molecule has 0 radical (unpaired) electrons. The van der Waals surface area contributed by atoms with Gasteiger partial charge in [0.15, 0.2) is 0 Å². The van der Waals surface area contributed by atoms with Crippen molar-refractivity contribution in [3.8, 4) is 11.1 Å². The van der Waals surface area contributed by atoms with Gasteiger partial charge in [-0.3, -0.25) is 9.59 Å². The van der Waals surface area contributed by atoms with Crippen LogP contribution in [0.3, 0.4) is 0 Å². The number of carboxylic acid groups (broad SMARTS) is 1. The molecule has 0 fully saturated rings. The van der Waals surface area contributed by atoms with Gasteiger partial charge in [0.1, 0.15) is 0 Å². The summed E-state index contributed by atoms with van der Waals surface area (Å²) in [6.07, 6.45) is -1.55. The fourth-order valence-electron chi connectivity index (χ4n) is 6.34. The molecule has 16 heteroatoms. The molecule has 0 saturated carbocycles. The molecule has 15 nitrogen and oxygen atoms in total. The number of quaternary nitrogens is 1. The number of nitrogens with zero attached hydrogens (tertiary/aromatic N) is 6. The number of primary amides is 1. The lowest BCUT2D eigenvalue weighted by molar-refractivity contribution is -0.748. The van der Waals surface area contributed by atoms with Crippen LogP contribution in [-0.4, -0.2) is 54.4 Å². The standard InChI is InChI=1S/C32H27ClN10O3.C13H11NO/c33-23-15-10-18-25(19-23)36-29-38-31(41-43(32(45)46)28(34)37-30(40-43)35-24-16-8-3-9-17-24)42(39-29)27(44)20-26(21-11-4-1-5-12-21)22-13-6-2-7-14-22;14-13(15)12-8-6-11(7-9-12)10-4-2-1-3-5-10/h1-19,26H,20H2,(H5-,34,35,36,37,38,39,40,41,45,46);1-9H,(H2,14,15)/p+1. The number of hydrogen-bond donors (Lipinski definition) is 6. The topological polar surface area (TPSA) is 215 Å². The number of para-hydroxylation sites is 1. The van der Waals surface area contributed by atoms with Crippen LogP contribution in [0.15, 0.2) is 180 Å². The van der Waals surface area contributed by atoms with E-state index >= 15 is 0 Å². The van der Waals surface area contributed by atoms with Gasteiger partial charge in [0, 0.05) is 39.4 Å². The van der Waals surface area contributed by atoms with Crippen molar-refractivity contribution in [2.75, 3.05) is 16.1 Å². The normalized spacial score (nSPS) is 14.2. The summed E-state index contributed by atoms with van der Waals surface area (Å²) < 4.78 is -0.418. The van der Waals surface area contributed by atoms with Crippen LogP contribution in [0.25, 0.3) is 11.1 Å². The molecule has 2 amide bonds. The molecule has 8 N–H and O–H groups in total. The maximum absolute atomic E-state index is 14.1. The quantitative estimate of drug-likeness (QED) is 0.0683. The number of carbonyl (C=O) groups is 3. The second kappa shape index (κ2) is 18.6. The van der Waals surface area contributed by atoms with E-state index in [9.17, 15) is 19.5 Å². The lowest BCUT2D eigenvalue weighted by Gasteiger charge is -2.21. The number of benzene rings is 6. The van der Waals surface area contributed by atoms with Gasteiger partial charge in [-0.15, -0.1) is 10.1 Å². The first kappa shape index (κ1) is 41.0. The lowest BCUT2D eigenvalue weighted by atomic mass is 9.88. The minimum atomic E-state index is -1.52. The average molecular weight is 833 g/mol. The van der Waals surface area contributed by atoms with Gasteiger partial charge < -0.3 is 27.2 Å². The summed E-state index contributed by atoms with van der Waals surface area (Å²) in [5.41, 5.74) is 19.8. The molecular formula is C45H39ClN11O4+. The molecule has 1 aliphatic rings. The summed E-state index contributed by atoms with van der Waals surface area (Å²) >= 11 is 6.16. The third kappa shape index (κ3) is 9.94. The molecule has 0 saturated heterocycles. The highest BCUT2D eigenvalue weighted by atomic mass is 35.5. The number of rotatable bonds is 11. The van der Waals surface area contributed by atoms with Crippen molar-refractivity contribution in [2.45, 2.75) is 12.3 Å². The first-order chi connectivity index (χ1) is 29.6. The molecule has 304 valence electrons. The average Bonchev–Trinajstić information content (AvgIpc) is 3.83. The van der Waals surface area contributed by atoms with Crippen molar-refractivity contribution in [3.05, 3.63) is 192 Å². The molecule has 0 aliphatic carbocycles. The zero-order valence-electron chi connectivity index (χ0n) is 32.3. The second-order valence-corrected chi connectivity index (χ2v) is 13.9. The third-order valence-electron chi connectivity index (χ3n) is 9.35. The number of anilines is 4. The highest BCUT2D eigenvalue weighted by Crippen LogP contribution is 2.30. The fraction of sp³-hybridized carbons (Fsp3) is 0.0444. The van der Waals surface area contributed by atoms with Gasteiger partial charge >= 0.3 is 12.1 Å². The number of halogens is 1.